The average molecular weight is 486 g/mol. The van der Waals surface area contributed by atoms with Gasteiger partial charge >= 0.3 is 0 Å². The summed E-state index contributed by atoms with van der Waals surface area (Å²) in [5.74, 6) is 0. The van der Waals surface area contributed by atoms with E-state index in [-0.39, 0.29) is 0 Å². The van der Waals surface area contributed by atoms with Crippen LogP contribution in [0.3, 0.4) is 0 Å². The first-order valence-electron chi connectivity index (χ1n) is 12.5. The molecule has 0 aliphatic heterocycles. The number of hydrogen-bond acceptors (Lipinski definition) is 1. The third-order valence-electron chi connectivity index (χ3n) is 6.57. The summed E-state index contributed by atoms with van der Waals surface area (Å²) in [5.41, 5.74) is 9.05. The first-order chi connectivity index (χ1) is 17.6. The van der Waals surface area contributed by atoms with Crippen LogP contribution in [0.4, 0.5) is 5.69 Å². The second-order valence-electron chi connectivity index (χ2n) is 9.32. The highest BCUT2D eigenvalue weighted by Crippen LogP contribution is 2.41. The Balaban J connectivity index is 1.73. The Bertz CT molecular complexity index is 1380. The summed E-state index contributed by atoms with van der Waals surface area (Å²) < 4.78 is 0. The molecule has 0 spiro atoms. The van der Waals surface area contributed by atoms with Crippen LogP contribution in [0.25, 0.3) is 11.1 Å². The predicted molar refractivity (Wildman–Crippen MR) is 159 cm³/mol. The molecule has 1 nitrogen and oxygen atoms in total. The lowest BCUT2D eigenvalue weighted by atomic mass is 9.92. The number of anilines is 1. The minimum absolute atomic E-state index is 0.742. The molecule has 5 aromatic carbocycles. The third kappa shape index (κ3) is 5.13. The van der Waals surface area contributed by atoms with Crippen LogP contribution in [0, 0.1) is 20.8 Å². The average Bonchev–Trinajstić information content (AvgIpc) is 2.90. The highest BCUT2D eigenvalue weighted by Gasteiger charge is 2.23. The summed E-state index contributed by atoms with van der Waals surface area (Å²) in [5, 5.41) is 7.97. The van der Waals surface area contributed by atoms with Crippen molar-refractivity contribution in [2.24, 2.45) is 0 Å². The molecule has 0 aliphatic carbocycles. The number of nitrogens with one attached hydrogen (secondary N) is 1. The van der Waals surface area contributed by atoms with E-state index < -0.39 is 7.92 Å². The van der Waals surface area contributed by atoms with Gasteiger partial charge in [0, 0.05) is 17.4 Å². The molecule has 0 saturated heterocycles. The summed E-state index contributed by atoms with van der Waals surface area (Å²) in [7, 11) is -0.742. The van der Waals surface area contributed by atoms with Gasteiger partial charge in [-0.05, 0) is 61.6 Å². The Kier molecular flexibility index (Phi) is 7.31. The molecule has 5 aromatic rings. The fourth-order valence-electron chi connectivity index (χ4n) is 5.09. The van der Waals surface area contributed by atoms with E-state index in [1.165, 1.54) is 55.0 Å². The summed E-state index contributed by atoms with van der Waals surface area (Å²) >= 11 is 0. The van der Waals surface area contributed by atoms with Crippen LogP contribution in [0.5, 0.6) is 0 Å². The lowest BCUT2D eigenvalue weighted by molar-refractivity contribution is 1.15. The minimum atomic E-state index is -0.742. The third-order valence-corrected chi connectivity index (χ3v) is 9.05. The summed E-state index contributed by atoms with van der Waals surface area (Å²) in [6.07, 6.45) is 0. The van der Waals surface area contributed by atoms with E-state index >= 15 is 0 Å². The minimum Gasteiger partial charge on any atom is -0.380 e. The first kappa shape index (κ1) is 24.0. The van der Waals surface area contributed by atoms with E-state index in [1.54, 1.807) is 0 Å². The lowest BCUT2D eigenvalue weighted by Crippen LogP contribution is -2.24. The maximum atomic E-state index is 3.90. The molecule has 0 bridgehead atoms. The zero-order valence-corrected chi connectivity index (χ0v) is 22.1. The van der Waals surface area contributed by atoms with Crippen LogP contribution in [0.1, 0.15) is 22.3 Å². The number of rotatable bonds is 7. The van der Waals surface area contributed by atoms with Gasteiger partial charge in [0.15, 0.2) is 0 Å². The molecule has 2 heteroatoms. The van der Waals surface area contributed by atoms with Crippen LogP contribution in [0.2, 0.25) is 0 Å². The van der Waals surface area contributed by atoms with E-state index in [0.717, 1.165) is 6.54 Å². The van der Waals surface area contributed by atoms with Crippen molar-refractivity contribution in [1.29, 1.82) is 0 Å². The fraction of sp³-hybridized carbons (Fsp3) is 0.118. The maximum absolute atomic E-state index is 3.90. The van der Waals surface area contributed by atoms with E-state index in [1.807, 2.05) is 0 Å². The molecule has 0 amide bonds. The van der Waals surface area contributed by atoms with Gasteiger partial charge in [0.2, 0.25) is 0 Å². The molecule has 0 saturated carbocycles. The Labute approximate surface area is 216 Å². The summed E-state index contributed by atoms with van der Waals surface area (Å²) in [4.78, 5) is 0. The van der Waals surface area contributed by atoms with Crippen LogP contribution in [0.15, 0.2) is 121 Å². The number of hydrogen-bond donors (Lipinski definition) is 1. The Morgan fingerprint density at radius 2 is 1.11 bits per heavy atom. The van der Waals surface area contributed by atoms with E-state index in [2.05, 4.69) is 147 Å². The largest absolute Gasteiger partial charge is 0.380 e. The van der Waals surface area contributed by atoms with Gasteiger partial charge in [0.1, 0.15) is 0 Å². The molecule has 0 heterocycles. The van der Waals surface area contributed by atoms with E-state index in [9.17, 15) is 0 Å². The molecular weight excluding hydrogens is 453 g/mol. The van der Waals surface area contributed by atoms with Crippen LogP contribution in [-0.2, 0) is 6.54 Å². The second-order valence-corrected chi connectivity index (χ2v) is 11.5. The molecule has 0 aromatic heterocycles. The monoisotopic (exact) mass is 485 g/mol. The van der Waals surface area contributed by atoms with Crippen LogP contribution in [-0.4, -0.2) is 0 Å². The Morgan fingerprint density at radius 3 is 1.67 bits per heavy atom. The van der Waals surface area contributed by atoms with E-state index in [4.69, 9.17) is 0 Å². The molecule has 178 valence electrons. The Hall–Kier alpha value is -3.67. The van der Waals surface area contributed by atoms with Gasteiger partial charge in [0.05, 0.1) is 5.69 Å². The maximum Gasteiger partial charge on any atom is 0.0507 e. The number of aryl methyl sites for hydroxylation is 3. The highest BCUT2D eigenvalue weighted by molar-refractivity contribution is 7.80. The van der Waals surface area contributed by atoms with Gasteiger partial charge in [-0.3, -0.25) is 0 Å². The van der Waals surface area contributed by atoms with Crippen LogP contribution < -0.4 is 21.2 Å². The summed E-state index contributed by atoms with van der Waals surface area (Å²) in [6.45, 7) is 7.43. The molecule has 1 N–H and O–H groups in total. The lowest BCUT2D eigenvalue weighted by Gasteiger charge is -2.26. The number of benzene rings is 5. The zero-order chi connectivity index (χ0) is 24.9. The van der Waals surface area contributed by atoms with Gasteiger partial charge in [0.25, 0.3) is 0 Å². The topological polar surface area (TPSA) is 12.0 Å². The van der Waals surface area contributed by atoms with Crippen molar-refractivity contribution in [1.82, 2.24) is 0 Å². The molecule has 0 atom stereocenters. The predicted octanol–water partition coefficient (Wildman–Crippen LogP) is 7.65. The normalized spacial score (nSPS) is 11.0. The highest BCUT2D eigenvalue weighted by atomic mass is 31.1. The van der Waals surface area contributed by atoms with Gasteiger partial charge in [-0.1, -0.05) is 127 Å². The van der Waals surface area contributed by atoms with Crippen molar-refractivity contribution in [3.05, 3.63) is 144 Å². The first-order valence-corrected chi connectivity index (χ1v) is 13.9. The van der Waals surface area contributed by atoms with E-state index in [0.29, 0.717) is 0 Å². The number of para-hydroxylation sites is 1. The Morgan fingerprint density at radius 1 is 0.583 bits per heavy atom. The van der Waals surface area contributed by atoms with Gasteiger partial charge in [-0.15, -0.1) is 0 Å². The smallest absolute Gasteiger partial charge is 0.0507 e. The van der Waals surface area contributed by atoms with Crippen molar-refractivity contribution in [2.75, 3.05) is 5.32 Å². The zero-order valence-electron chi connectivity index (χ0n) is 21.2. The molecule has 0 unspecified atom stereocenters. The van der Waals surface area contributed by atoms with Gasteiger partial charge in [-0.25, -0.2) is 0 Å². The molecule has 5 rings (SSSR count). The van der Waals surface area contributed by atoms with Gasteiger partial charge in [-0.2, -0.15) is 0 Å². The SMILES string of the molecule is Cc1cc(C)c(-c2cccc(P(c3ccccc3)c3ccccc3)c2NCc2ccccc2)c(C)c1. The van der Waals surface area contributed by atoms with Crippen molar-refractivity contribution < 1.29 is 0 Å². The van der Waals surface area contributed by atoms with Crippen molar-refractivity contribution in [3.8, 4) is 11.1 Å². The molecular formula is C34H32NP. The molecule has 36 heavy (non-hydrogen) atoms. The molecule has 0 radical (unpaired) electrons. The molecule has 0 fully saturated rings. The standard InChI is InChI=1S/C34H32NP/c1-25-22-26(2)33(27(3)23-25)31-20-13-21-32(34(31)35-24-28-14-7-4-8-15-28)36(29-16-9-5-10-17-29)30-18-11-6-12-19-30/h4-23,35H,24H2,1-3H3. The van der Waals surface area contributed by atoms with Crippen molar-refractivity contribution >= 4 is 29.5 Å². The molecule has 0 aliphatic rings. The van der Waals surface area contributed by atoms with Gasteiger partial charge < -0.3 is 5.32 Å². The second kappa shape index (κ2) is 10.9. The quantitative estimate of drug-likeness (QED) is 0.234. The van der Waals surface area contributed by atoms with Crippen molar-refractivity contribution in [3.63, 3.8) is 0 Å². The fourth-order valence-corrected chi connectivity index (χ4v) is 7.55. The summed E-state index contributed by atoms with van der Waals surface area (Å²) in [6, 6.07) is 44.0. The van der Waals surface area contributed by atoms with Crippen molar-refractivity contribution in [2.45, 2.75) is 27.3 Å². The van der Waals surface area contributed by atoms with Crippen LogP contribution >= 0.6 is 7.92 Å².